The Morgan fingerprint density at radius 1 is 1.25 bits per heavy atom. The van der Waals surface area contributed by atoms with Crippen molar-refractivity contribution in [3.8, 4) is 0 Å². The number of hydrogen-bond acceptors (Lipinski definition) is 5. The molecule has 0 bridgehead atoms. The number of halogens is 1. The largest absolute Gasteiger partial charge is 0.252 e. The van der Waals surface area contributed by atoms with Gasteiger partial charge in [-0.15, -0.1) is 11.3 Å². The number of rotatable bonds is 4. The molecule has 0 aliphatic carbocycles. The summed E-state index contributed by atoms with van der Waals surface area (Å²) in [6.45, 7) is 0.649. The second kappa shape index (κ2) is 6.01. The highest BCUT2D eigenvalue weighted by molar-refractivity contribution is 9.11. The average molecular weight is 403 g/mol. The van der Waals surface area contributed by atoms with Gasteiger partial charge in [-0.05, 0) is 40.9 Å². The third kappa shape index (κ3) is 4.01. The smallest absolute Gasteiger partial charge is 0.213 e. The van der Waals surface area contributed by atoms with E-state index in [0.29, 0.717) is 30.1 Å². The molecule has 10 heteroatoms. The second-order valence-electron chi connectivity index (χ2n) is 4.63. The van der Waals surface area contributed by atoms with Gasteiger partial charge >= 0.3 is 0 Å². The topological polar surface area (TPSA) is 83.6 Å². The molecule has 0 unspecified atom stereocenters. The van der Waals surface area contributed by atoms with Crippen LogP contribution in [0.15, 0.2) is 20.1 Å². The molecular weight excluding hydrogens is 388 g/mol. The maximum atomic E-state index is 12.4. The van der Waals surface area contributed by atoms with Crippen LogP contribution >= 0.6 is 27.3 Å². The van der Waals surface area contributed by atoms with Crippen molar-refractivity contribution in [3.63, 3.8) is 0 Å². The minimum atomic E-state index is -3.46. The lowest BCUT2D eigenvalue weighted by molar-refractivity contribution is 0.309. The maximum Gasteiger partial charge on any atom is 0.252 e. The zero-order valence-corrected chi connectivity index (χ0v) is 14.8. The monoisotopic (exact) mass is 402 g/mol. The van der Waals surface area contributed by atoms with Gasteiger partial charge in [-0.2, -0.15) is 4.31 Å². The molecule has 0 amide bonds. The molecule has 1 saturated heterocycles. The lowest BCUT2D eigenvalue weighted by Gasteiger charge is -2.30. The molecule has 0 radical (unpaired) electrons. The first-order valence-corrected chi connectivity index (χ1v) is 10.9. The molecule has 6 nitrogen and oxygen atoms in total. The number of nitrogens with one attached hydrogen (secondary N) is 1. The summed E-state index contributed by atoms with van der Waals surface area (Å²) in [4.78, 5) is 0. The fourth-order valence-electron chi connectivity index (χ4n) is 2.08. The van der Waals surface area contributed by atoms with Crippen LogP contribution in [0.25, 0.3) is 0 Å². The zero-order valence-electron chi connectivity index (χ0n) is 10.7. The minimum Gasteiger partial charge on any atom is -0.213 e. The Morgan fingerprint density at radius 2 is 1.85 bits per heavy atom. The molecule has 0 atom stereocenters. The number of piperidine rings is 1. The molecule has 0 spiro atoms. The van der Waals surface area contributed by atoms with E-state index in [1.54, 1.807) is 12.1 Å². The van der Waals surface area contributed by atoms with E-state index in [9.17, 15) is 16.8 Å². The number of nitrogens with zero attached hydrogens (tertiary/aromatic N) is 1. The number of hydrogen-bond donors (Lipinski definition) is 1. The van der Waals surface area contributed by atoms with Gasteiger partial charge in [0.2, 0.25) is 10.0 Å². The average Bonchev–Trinajstić information content (AvgIpc) is 2.75. The van der Waals surface area contributed by atoms with Crippen molar-refractivity contribution in [1.82, 2.24) is 9.03 Å². The second-order valence-corrected chi connectivity index (χ2v) is 11.0. The van der Waals surface area contributed by atoms with Gasteiger partial charge in [0.1, 0.15) is 4.21 Å². The van der Waals surface area contributed by atoms with Crippen LogP contribution in [0.3, 0.4) is 0 Å². The minimum absolute atomic E-state index is 0.188. The van der Waals surface area contributed by atoms with E-state index in [-0.39, 0.29) is 6.04 Å². The summed E-state index contributed by atoms with van der Waals surface area (Å²) in [6, 6.07) is 3.09. The van der Waals surface area contributed by atoms with E-state index in [4.69, 9.17) is 0 Å². The molecule has 1 aromatic heterocycles. The molecule has 114 valence electrons. The fraction of sp³-hybridized carbons (Fsp3) is 0.600. The van der Waals surface area contributed by atoms with Gasteiger partial charge < -0.3 is 0 Å². The molecule has 2 rings (SSSR count). The number of thiophene rings is 1. The third-order valence-electron chi connectivity index (χ3n) is 2.98. The molecule has 1 aliphatic heterocycles. The van der Waals surface area contributed by atoms with E-state index in [1.807, 2.05) is 0 Å². The van der Waals surface area contributed by atoms with Gasteiger partial charge in [-0.25, -0.2) is 21.6 Å². The van der Waals surface area contributed by atoms with Gasteiger partial charge in [0.25, 0.3) is 10.0 Å². The van der Waals surface area contributed by atoms with Gasteiger partial charge in [0, 0.05) is 19.1 Å². The zero-order chi connectivity index (χ0) is 15.0. The van der Waals surface area contributed by atoms with Crippen LogP contribution in [0.2, 0.25) is 0 Å². The van der Waals surface area contributed by atoms with E-state index in [1.165, 1.54) is 15.6 Å². The highest BCUT2D eigenvalue weighted by Gasteiger charge is 2.31. The van der Waals surface area contributed by atoms with Crippen LogP contribution in [0, 0.1) is 0 Å². The van der Waals surface area contributed by atoms with Crippen LogP contribution in [-0.4, -0.2) is 46.5 Å². The van der Waals surface area contributed by atoms with Gasteiger partial charge in [0.15, 0.2) is 0 Å². The van der Waals surface area contributed by atoms with Crippen molar-refractivity contribution in [3.05, 3.63) is 15.9 Å². The molecule has 1 N–H and O–H groups in total. The van der Waals surface area contributed by atoms with Crippen LogP contribution in [0.1, 0.15) is 12.8 Å². The van der Waals surface area contributed by atoms with Crippen molar-refractivity contribution < 1.29 is 16.8 Å². The highest BCUT2D eigenvalue weighted by atomic mass is 79.9. The maximum absolute atomic E-state index is 12.4. The van der Waals surface area contributed by atoms with Crippen molar-refractivity contribution >= 4 is 47.3 Å². The molecule has 0 saturated carbocycles. The molecule has 20 heavy (non-hydrogen) atoms. The summed E-state index contributed by atoms with van der Waals surface area (Å²) in [6.07, 6.45) is 2.08. The van der Waals surface area contributed by atoms with Crippen molar-refractivity contribution in [2.45, 2.75) is 23.1 Å². The predicted molar refractivity (Wildman–Crippen MR) is 81.8 cm³/mol. The normalized spacial score (nSPS) is 19.3. The summed E-state index contributed by atoms with van der Waals surface area (Å²) in [5.41, 5.74) is 0. The highest BCUT2D eigenvalue weighted by Crippen LogP contribution is 2.29. The predicted octanol–water partition coefficient (Wildman–Crippen LogP) is 1.21. The van der Waals surface area contributed by atoms with Crippen molar-refractivity contribution in [1.29, 1.82) is 0 Å². The fourth-order valence-corrected chi connectivity index (χ4v) is 6.56. The molecule has 1 aliphatic rings. The summed E-state index contributed by atoms with van der Waals surface area (Å²) in [7, 11) is -6.71. The quantitative estimate of drug-likeness (QED) is 0.819. The Kier molecular flexibility index (Phi) is 4.92. The Hall–Kier alpha value is -0.0000000000000000833. The first-order valence-electron chi connectivity index (χ1n) is 5.91. The summed E-state index contributed by atoms with van der Waals surface area (Å²) >= 11 is 4.42. The van der Waals surface area contributed by atoms with E-state index < -0.39 is 20.0 Å². The van der Waals surface area contributed by atoms with E-state index >= 15 is 0 Å². The Balaban J connectivity index is 2.04. The van der Waals surface area contributed by atoms with E-state index in [0.717, 1.165) is 10.0 Å². The van der Waals surface area contributed by atoms with E-state index in [2.05, 4.69) is 20.7 Å². The van der Waals surface area contributed by atoms with Crippen LogP contribution in [0.5, 0.6) is 0 Å². The lowest BCUT2D eigenvalue weighted by atomic mass is 10.1. The third-order valence-corrected chi connectivity index (χ3v) is 7.73. The number of sulfonamides is 2. The molecule has 2 heterocycles. The summed E-state index contributed by atoms with van der Waals surface area (Å²) < 4.78 is 52.1. The molecular formula is C10H15BrN2O4S3. The Bertz CT molecular complexity index is 675. The lowest BCUT2D eigenvalue weighted by Crippen LogP contribution is -2.46. The van der Waals surface area contributed by atoms with Gasteiger partial charge in [0.05, 0.1) is 10.0 Å². The SMILES string of the molecule is CS(=O)(=O)NC1CCN(S(=O)(=O)c2ccc(Br)s2)CC1. The van der Waals surface area contributed by atoms with Crippen LogP contribution < -0.4 is 4.72 Å². The molecule has 1 aromatic rings. The van der Waals surface area contributed by atoms with Gasteiger partial charge in [-0.1, -0.05) is 0 Å². The Labute approximate surface area is 131 Å². The standard InChI is InChI=1S/C10H15BrN2O4S3/c1-19(14,15)12-8-4-6-13(7-5-8)20(16,17)10-3-2-9(11)18-10/h2-3,8,12H,4-7H2,1H3. The summed E-state index contributed by atoms with van der Waals surface area (Å²) in [5, 5.41) is 0. The van der Waals surface area contributed by atoms with Crippen molar-refractivity contribution in [2.24, 2.45) is 0 Å². The molecule has 1 fully saturated rings. The first-order chi connectivity index (χ1) is 9.18. The van der Waals surface area contributed by atoms with Crippen molar-refractivity contribution in [2.75, 3.05) is 19.3 Å². The Morgan fingerprint density at radius 3 is 2.30 bits per heavy atom. The van der Waals surface area contributed by atoms with Crippen LogP contribution in [-0.2, 0) is 20.0 Å². The first kappa shape index (κ1) is 16.4. The summed E-state index contributed by atoms with van der Waals surface area (Å²) in [5.74, 6) is 0. The van der Waals surface area contributed by atoms with Crippen LogP contribution in [0.4, 0.5) is 0 Å². The van der Waals surface area contributed by atoms with Gasteiger partial charge in [-0.3, -0.25) is 0 Å². The molecule has 0 aromatic carbocycles.